The predicted molar refractivity (Wildman–Crippen MR) is 89.5 cm³/mol. The molecule has 0 bridgehead atoms. The third-order valence-corrected chi connectivity index (χ3v) is 4.21. The van der Waals surface area contributed by atoms with Crippen molar-refractivity contribution < 1.29 is 19.5 Å². The van der Waals surface area contributed by atoms with Crippen LogP contribution in [0.4, 0.5) is 5.82 Å². The SMILES string of the molecule is Cn1nccc1N1CCCC(NC(=O)c2ccc(C(=O)O)cc2)C1=O. The number of nitrogens with one attached hydrogen (secondary N) is 1. The average molecular weight is 342 g/mol. The van der Waals surface area contributed by atoms with E-state index in [1.807, 2.05) is 0 Å². The van der Waals surface area contributed by atoms with Crippen molar-refractivity contribution in [2.45, 2.75) is 18.9 Å². The molecule has 1 unspecified atom stereocenters. The Kier molecular flexibility index (Phi) is 4.51. The monoisotopic (exact) mass is 342 g/mol. The number of hydrogen-bond donors (Lipinski definition) is 2. The normalized spacial score (nSPS) is 17.4. The van der Waals surface area contributed by atoms with Gasteiger partial charge in [-0.3, -0.25) is 19.2 Å². The molecule has 1 aliphatic heterocycles. The van der Waals surface area contributed by atoms with Crippen LogP contribution in [0.1, 0.15) is 33.6 Å². The van der Waals surface area contributed by atoms with Gasteiger partial charge in [-0.1, -0.05) is 0 Å². The molecule has 1 atom stereocenters. The van der Waals surface area contributed by atoms with Crippen molar-refractivity contribution in [3.8, 4) is 0 Å². The summed E-state index contributed by atoms with van der Waals surface area (Å²) in [6.07, 6.45) is 2.95. The van der Waals surface area contributed by atoms with E-state index >= 15 is 0 Å². The van der Waals surface area contributed by atoms with E-state index < -0.39 is 17.9 Å². The van der Waals surface area contributed by atoms with E-state index in [1.54, 1.807) is 28.9 Å². The Morgan fingerprint density at radius 1 is 1.20 bits per heavy atom. The van der Waals surface area contributed by atoms with Gasteiger partial charge in [0.15, 0.2) is 0 Å². The molecule has 130 valence electrons. The maximum absolute atomic E-state index is 12.7. The lowest BCUT2D eigenvalue weighted by Gasteiger charge is -2.32. The van der Waals surface area contributed by atoms with Crippen LogP contribution in [0.25, 0.3) is 0 Å². The highest BCUT2D eigenvalue weighted by Gasteiger charge is 2.32. The number of anilines is 1. The zero-order valence-corrected chi connectivity index (χ0v) is 13.7. The van der Waals surface area contributed by atoms with Crippen LogP contribution in [0.3, 0.4) is 0 Å². The van der Waals surface area contributed by atoms with Crippen LogP contribution < -0.4 is 10.2 Å². The summed E-state index contributed by atoms with van der Waals surface area (Å²) in [6, 6.07) is 6.74. The average Bonchev–Trinajstić information content (AvgIpc) is 3.02. The van der Waals surface area contributed by atoms with Gasteiger partial charge in [0.1, 0.15) is 11.9 Å². The van der Waals surface area contributed by atoms with Crippen LogP contribution >= 0.6 is 0 Å². The summed E-state index contributed by atoms with van der Waals surface area (Å²) in [5.41, 5.74) is 0.420. The maximum Gasteiger partial charge on any atom is 0.335 e. The number of carboxylic acids is 1. The first-order valence-electron chi connectivity index (χ1n) is 7.91. The molecule has 2 amide bonds. The topological polar surface area (TPSA) is 105 Å². The Labute approximate surface area is 144 Å². The van der Waals surface area contributed by atoms with Gasteiger partial charge < -0.3 is 10.4 Å². The number of hydrogen-bond acceptors (Lipinski definition) is 4. The summed E-state index contributed by atoms with van der Waals surface area (Å²) in [4.78, 5) is 37.5. The Balaban J connectivity index is 1.71. The van der Waals surface area contributed by atoms with Gasteiger partial charge in [0.05, 0.1) is 11.8 Å². The number of piperidine rings is 1. The summed E-state index contributed by atoms with van der Waals surface area (Å²) in [7, 11) is 1.76. The van der Waals surface area contributed by atoms with Crippen molar-refractivity contribution in [1.29, 1.82) is 0 Å². The zero-order chi connectivity index (χ0) is 18.0. The number of carbonyl (C=O) groups excluding carboxylic acids is 2. The Hall–Kier alpha value is -3.16. The van der Waals surface area contributed by atoms with E-state index in [0.29, 0.717) is 24.3 Å². The number of aryl methyl sites for hydroxylation is 1. The number of carbonyl (C=O) groups is 3. The van der Waals surface area contributed by atoms with Gasteiger partial charge in [-0.25, -0.2) is 4.79 Å². The van der Waals surface area contributed by atoms with Gasteiger partial charge in [-0.15, -0.1) is 0 Å². The number of rotatable bonds is 4. The van der Waals surface area contributed by atoms with Crippen molar-refractivity contribution in [3.63, 3.8) is 0 Å². The number of aromatic nitrogens is 2. The molecular formula is C17H18N4O4. The maximum atomic E-state index is 12.7. The summed E-state index contributed by atoms with van der Waals surface area (Å²) < 4.78 is 1.62. The second-order valence-corrected chi connectivity index (χ2v) is 5.85. The molecule has 1 fully saturated rings. The minimum absolute atomic E-state index is 0.104. The minimum atomic E-state index is -1.05. The highest BCUT2D eigenvalue weighted by molar-refractivity contribution is 6.02. The number of nitrogens with zero attached hydrogens (tertiary/aromatic N) is 3. The van der Waals surface area contributed by atoms with Gasteiger partial charge in [0, 0.05) is 25.2 Å². The molecule has 2 aromatic rings. The third kappa shape index (κ3) is 3.37. The molecule has 25 heavy (non-hydrogen) atoms. The fraction of sp³-hybridized carbons (Fsp3) is 0.294. The van der Waals surface area contributed by atoms with Crippen molar-refractivity contribution in [3.05, 3.63) is 47.7 Å². The van der Waals surface area contributed by atoms with Crippen molar-refractivity contribution >= 4 is 23.6 Å². The first-order valence-corrected chi connectivity index (χ1v) is 7.91. The van der Waals surface area contributed by atoms with E-state index in [4.69, 9.17) is 5.11 Å². The predicted octanol–water partition coefficient (Wildman–Crippen LogP) is 1.04. The molecule has 1 aliphatic rings. The first-order chi connectivity index (χ1) is 12.0. The molecular weight excluding hydrogens is 324 g/mol. The van der Waals surface area contributed by atoms with Crippen LogP contribution in [0.2, 0.25) is 0 Å². The number of amides is 2. The van der Waals surface area contributed by atoms with E-state index in [9.17, 15) is 14.4 Å². The summed E-state index contributed by atoms with van der Waals surface area (Å²) in [5.74, 6) is -0.941. The van der Waals surface area contributed by atoms with Crippen molar-refractivity contribution in [1.82, 2.24) is 15.1 Å². The van der Waals surface area contributed by atoms with Crippen LogP contribution in [-0.2, 0) is 11.8 Å². The Bertz CT molecular complexity index is 812. The second-order valence-electron chi connectivity index (χ2n) is 5.85. The molecule has 1 aromatic carbocycles. The van der Waals surface area contributed by atoms with Gasteiger partial charge >= 0.3 is 5.97 Å². The highest BCUT2D eigenvalue weighted by atomic mass is 16.4. The summed E-state index contributed by atoms with van der Waals surface area (Å²) in [6.45, 7) is 0.581. The van der Waals surface area contributed by atoms with E-state index in [1.165, 1.54) is 24.3 Å². The smallest absolute Gasteiger partial charge is 0.335 e. The van der Waals surface area contributed by atoms with Gasteiger partial charge in [-0.05, 0) is 37.1 Å². The lowest BCUT2D eigenvalue weighted by Crippen LogP contribution is -2.52. The molecule has 8 heteroatoms. The molecule has 1 saturated heterocycles. The highest BCUT2D eigenvalue weighted by Crippen LogP contribution is 2.20. The molecule has 2 heterocycles. The molecule has 0 radical (unpaired) electrons. The summed E-state index contributed by atoms with van der Waals surface area (Å²) in [5, 5.41) is 15.7. The van der Waals surface area contributed by atoms with Crippen LogP contribution in [0.5, 0.6) is 0 Å². The van der Waals surface area contributed by atoms with Gasteiger partial charge in [0.2, 0.25) is 0 Å². The third-order valence-electron chi connectivity index (χ3n) is 4.21. The first kappa shape index (κ1) is 16.7. The molecule has 0 aliphatic carbocycles. The Morgan fingerprint density at radius 3 is 2.48 bits per heavy atom. The van der Waals surface area contributed by atoms with E-state index in [0.717, 1.165) is 6.42 Å². The van der Waals surface area contributed by atoms with Gasteiger partial charge in [-0.2, -0.15) is 5.10 Å². The number of benzene rings is 1. The van der Waals surface area contributed by atoms with Crippen LogP contribution in [-0.4, -0.2) is 45.3 Å². The van der Waals surface area contributed by atoms with E-state index in [-0.39, 0.29) is 11.5 Å². The minimum Gasteiger partial charge on any atom is -0.478 e. The van der Waals surface area contributed by atoms with Crippen molar-refractivity contribution in [2.24, 2.45) is 7.05 Å². The quantitative estimate of drug-likeness (QED) is 0.864. The largest absolute Gasteiger partial charge is 0.478 e. The van der Waals surface area contributed by atoms with Crippen LogP contribution in [0, 0.1) is 0 Å². The molecule has 0 saturated carbocycles. The van der Waals surface area contributed by atoms with E-state index in [2.05, 4.69) is 10.4 Å². The molecule has 2 N–H and O–H groups in total. The van der Waals surface area contributed by atoms with Crippen molar-refractivity contribution in [2.75, 3.05) is 11.4 Å². The standard InChI is InChI=1S/C17H18N4O4/c1-20-14(8-9-18-20)21-10-2-3-13(16(21)23)19-15(22)11-4-6-12(7-5-11)17(24)25/h4-9,13H,2-3,10H2,1H3,(H,19,22)(H,24,25). The molecule has 0 spiro atoms. The number of aromatic carboxylic acids is 1. The van der Waals surface area contributed by atoms with Gasteiger partial charge in [0.25, 0.3) is 11.8 Å². The number of carboxylic acid groups (broad SMARTS) is 1. The Morgan fingerprint density at radius 2 is 1.88 bits per heavy atom. The fourth-order valence-electron chi connectivity index (χ4n) is 2.87. The zero-order valence-electron chi connectivity index (χ0n) is 13.7. The van der Waals surface area contributed by atoms with Crippen LogP contribution in [0.15, 0.2) is 36.5 Å². The lowest BCUT2D eigenvalue weighted by atomic mass is 10.0. The lowest BCUT2D eigenvalue weighted by molar-refractivity contribution is -0.121. The molecule has 3 rings (SSSR count). The molecule has 1 aromatic heterocycles. The fourth-order valence-corrected chi connectivity index (χ4v) is 2.87. The second kappa shape index (κ2) is 6.76. The molecule has 8 nitrogen and oxygen atoms in total. The summed E-state index contributed by atoms with van der Waals surface area (Å²) >= 11 is 0.